The molecule has 0 radical (unpaired) electrons. The van der Waals surface area contributed by atoms with Crippen LogP contribution in [0.5, 0.6) is 0 Å². The number of fused-ring (bicyclic) bond motifs is 1. The van der Waals surface area contributed by atoms with Crippen molar-refractivity contribution in [2.24, 2.45) is 0 Å². The SMILES string of the molecule is CCNC(=O)/C(C#N)=C/c1c(N2C[C@@H](C)O[C@H](C)C2)nc2c(C)cccn2c1=O. The van der Waals surface area contributed by atoms with Crippen molar-refractivity contribution < 1.29 is 9.53 Å². The largest absolute Gasteiger partial charge is 0.372 e. The summed E-state index contributed by atoms with van der Waals surface area (Å²) < 4.78 is 7.26. The van der Waals surface area contributed by atoms with E-state index in [1.165, 1.54) is 10.5 Å². The summed E-state index contributed by atoms with van der Waals surface area (Å²) in [5.74, 6) is -0.0539. The maximum atomic E-state index is 13.3. The van der Waals surface area contributed by atoms with Crippen LogP contribution in [0.15, 0.2) is 28.7 Å². The lowest BCUT2D eigenvalue weighted by Crippen LogP contribution is -2.46. The summed E-state index contributed by atoms with van der Waals surface area (Å²) in [7, 11) is 0. The van der Waals surface area contributed by atoms with Gasteiger partial charge in [0, 0.05) is 25.8 Å². The van der Waals surface area contributed by atoms with Crippen LogP contribution >= 0.6 is 0 Å². The van der Waals surface area contributed by atoms with Crippen LogP contribution in [-0.4, -0.2) is 47.1 Å². The number of carbonyl (C=O) groups excluding carboxylic acids is 1. The van der Waals surface area contributed by atoms with Crippen molar-refractivity contribution in [3.05, 3.63) is 45.4 Å². The quantitative estimate of drug-likeness (QED) is 0.624. The van der Waals surface area contributed by atoms with Gasteiger partial charge in [0.15, 0.2) is 0 Å². The number of nitriles is 1. The summed E-state index contributed by atoms with van der Waals surface area (Å²) >= 11 is 0. The van der Waals surface area contributed by atoms with Gasteiger partial charge in [-0.2, -0.15) is 5.26 Å². The van der Waals surface area contributed by atoms with Crippen molar-refractivity contribution in [3.8, 4) is 6.07 Å². The molecule has 0 saturated carbocycles. The van der Waals surface area contributed by atoms with E-state index in [1.54, 1.807) is 19.2 Å². The maximum Gasteiger partial charge on any atom is 0.267 e. The van der Waals surface area contributed by atoms with Crippen LogP contribution in [0.25, 0.3) is 11.7 Å². The van der Waals surface area contributed by atoms with Gasteiger partial charge in [-0.25, -0.2) is 4.98 Å². The Kier molecular flexibility index (Phi) is 5.99. The van der Waals surface area contributed by atoms with Gasteiger partial charge in [0.25, 0.3) is 11.5 Å². The number of rotatable bonds is 4. The molecule has 0 aliphatic carbocycles. The van der Waals surface area contributed by atoms with Crippen molar-refractivity contribution in [1.29, 1.82) is 5.26 Å². The minimum absolute atomic E-state index is 0.0356. The van der Waals surface area contributed by atoms with Crippen molar-refractivity contribution in [1.82, 2.24) is 14.7 Å². The van der Waals surface area contributed by atoms with Crippen molar-refractivity contribution in [3.63, 3.8) is 0 Å². The Morgan fingerprint density at radius 2 is 2.10 bits per heavy atom. The average molecular weight is 395 g/mol. The molecule has 2 aromatic rings. The lowest BCUT2D eigenvalue weighted by molar-refractivity contribution is -0.116. The first-order chi connectivity index (χ1) is 13.8. The summed E-state index contributed by atoms with van der Waals surface area (Å²) in [6, 6.07) is 5.56. The van der Waals surface area contributed by atoms with Crippen LogP contribution in [0.3, 0.4) is 0 Å². The molecular formula is C21H25N5O3. The molecule has 0 bridgehead atoms. The Labute approximate surface area is 169 Å². The standard InChI is InChI=1S/C21H25N5O3/c1-5-23-20(27)16(10-22)9-17-19(25-11-14(3)29-15(4)12-25)24-18-13(2)7-6-8-26(18)21(17)28/h6-9,14-15H,5,11-12H2,1-4H3,(H,23,27)/b16-9+/t14-,15-/m1/s1. The number of hydrogen-bond donors (Lipinski definition) is 1. The second-order valence-electron chi connectivity index (χ2n) is 7.23. The molecule has 3 rings (SSSR count). The van der Waals surface area contributed by atoms with Crippen molar-refractivity contribution in [2.75, 3.05) is 24.5 Å². The van der Waals surface area contributed by atoms with Gasteiger partial charge >= 0.3 is 0 Å². The molecule has 1 amide bonds. The van der Waals surface area contributed by atoms with Gasteiger partial charge in [0.1, 0.15) is 23.1 Å². The van der Waals surface area contributed by atoms with Crippen LogP contribution in [0.1, 0.15) is 31.9 Å². The van der Waals surface area contributed by atoms with Gasteiger partial charge in [-0.15, -0.1) is 0 Å². The van der Waals surface area contributed by atoms with Gasteiger partial charge < -0.3 is 15.0 Å². The topological polar surface area (TPSA) is 99.7 Å². The predicted molar refractivity (Wildman–Crippen MR) is 111 cm³/mol. The fraction of sp³-hybridized carbons (Fsp3) is 0.429. The summed E-state index contributed by atoms with van der Waals surface area (Å²) in [5, 5.41) is 12.1. The van der Waals surface area contributed by atoms with Crippen LogP contribution in [0.2, 0.25) is 0 Å². The fourth-order valence-corrected chi connectivity index (χ4v) is 3.57. The Balaban J connectivity index is 2.26. The summed E-state index contributed by atoms with van der Waals surface area (Å²) in [6.45, 7) is 9.09. The van der Waals surface area contributed by atoms with E-state index >= 15 is 0 Å². The Hall–Kier alpha value is -3.18. The highest BCUT2D eigenvalue weighted by atomic mass is 16.5. The number of nitrogens with zero attached hydrogens (tertiary/aromatic N) is 4. The third-order valence-electron chi connectivity index (χ3n) is 4.77. The predicted octanol–water partition coefficient (Wildman–Crippen LogP) is 1.66. The molecule has 0 unspecified atom stereocenters. The van der Waals surface area contributed by atoms with E-state index in [1.807, 2.05) is 37.8 Å². The first-order valence-electron chi connectivity index (χ1n) is 9.68. The molecule has 8 heteroatoms. The molecular weight excluding hydrogens is 370 g/mol. The first kappa shape index (κ1) is 20.6. The third kappa shape index (κ3) is 4.15. The molecule has 0 aromatic carbocycles. The van der Waals surface area contributed by atoms with Gasteiger partial charge in [-0.1, -0.05) is 6.07 Å². The molecule has 8 nitrogen and oxygen atoms in total. The van der Waals surface area contributed by atoms with Crippen LogP contribution in [0, 0.1) is 18.3 Å². The fourth-order valence-electron chi connectivity index (χ4n) is 3.57. The normalized spacial score (nSPS) is 19.8. The lowest BCUT2D eigenvalue weighted by Gasteiger charge is -2.36. The second kappa shape index (κ2) is 8.45. The van der Waals surface area contributed by atoms with Gasteiger partial charge in [0.2, 0.25) is 0 Å². The number of amides is 1. The first-order valence-corrected chi connectivity index (χ1v) is 9.68. The highest BCUT2D eigenvalue weighted by Gasteiger charge is 2.27. The number of hydrogen-bond acceptors (Lipinski definition) is 6. The smallest absolute Gasteiger partial charge is 0.267 e. The number of aryl methyl sites for hydroxylation is 1. The molecule has 29 heavy (non-hydrogen) atoms. The van der Waals surface area contributed by atoms with Gasteiger partial charge in [-0.3, -0.25) is 14.0 Å². The molecule has 152 valence electrons. The zero-order chi connectivity index (χ0) is 21.1. The molecule has 1 fully saturated rings. The third-order valence-corrected chi connectivity index (χ3v) is 4.77. The van der Waals surface area contributed by atoms with E-state index in [0.717, 1.165) is 5.56 Å². The van der Waals surface area contributed by atoms with E-state index < -0.39 is 5.91 Å². The average Bonchev–Trinajstić information content (AvgIpc) is 2.67. The van der Waals surface area contributed by atoms with E-state index in [-0.39, 0.29) is 28.9 Å². The molecule has 0 spiro atoms. The van der Waals surface area contributed by atoms with Crippen LogP contribution < -0.4 is 15.8 Å². The number of morpholine rings is 1. The molecule has 1 aliphatic heterocycles. The summed E-state index contributed by atoms with van der Waals surface area (Å²) in [4.78, 5) is 32.3. The molecule has 1 saturated heterocycles. The highest BCUT2D eigenvalue weighted by Crippen LogP contribution is 2.24. The number of pyridine rings is 1. The summed E-state index contributed by atoms with van der Waals surface area (Å²) in [5.41, 5.74) is 1.18. The molecule has 1 N–H and O–H groups in total. The Morgan fingerprint density at radius 1 is 1.41 bits per heavy atom. The summed E-state index contributed by atoms with van der Waals surface area (Å²) in [6.07, 6.45) is 2.91. The van der Waals surface area contributed by atoms with E-state index in [2.05, 4.69) is 5.32 Å². The van der Waals surface area contributed by atoms with E-state index in [4.69, 9.17) is 9.72 Å². The maximum absolute atomic E-state index is 13.3. The van der Waals surface area contributed by atoms with Crippen LogP contribution in [0.4, 0.5) is 5.82 Å². The van der Waals surface area contributed by atoms with Gasteiger partial charge in [-0.05, 0) is 45.4 Å². The van der Waals surface area contributed by atoms with Crippen LogP contribution in [-0.2, 0) is 9.53 Å². The number of aromatic nitrogens is 2. The lowest BCUT2D eigenvalue weighted by atomic mass is 10.1. The number of nitrogens with one attached hydrogen (secondary N) is 1. The minimum atomic E-state index is -0.515. The monoisotopic (exact) mass is 395 g/mol. The molecule has 2 aromatic heterocycles. The van der Waals surface area contributed by atoms with E-state index in [9.17, 15) is 14.9 Å². The number of ether oxygens (including phenoxy) is 1. The Morgan fingerprint density at radius 3 is 2.72 bits per heavy atom. The van der Waals surface area contributed by atoms with Crippen molar-refractivity contribution >= 4 is 23.4 Å². The molecule has 3 heterocycles. The molecule has 1 aliphatic rings. The highest BCUT2D eigenvalue weighted by molar-refractivity contribution is 6.02. The molecule has 2 atom stereocenters. The van der Waals surface area contributed by atoms with E-state index in [0.29, 0.717) is 31.1 Å². The zero-order valence-electron chi connectivity index (χ0n) is 17.1. The second-order valence-corrected chi connectivity index (χ2v) is 7.23. The minimum Gasteiger partial charge on any atom is -0.372 e. The van der Waals surface area contributed by atoms with Crippen molar-refractivity contribution in [2.45, 2.75) is 39.9 Å². The number of likely N-dealkylation sites (N-methyl/N-ethyl adjacent to an activating group) is 1. The number of anilines is 1. The van der Waals surface area contributed by atoms with Gasteiger partial charge in [0.05, 0.1) is 17.8 Å². The number of carbonyl (C=O) groups is 1. The zero-order valence-corrected chi connectivity index (χ0v) is 17.1. The Bertz CT molecular complexity index is 1060.